The van der Waals surface area contributed by atoms with E-state index in [2.05, 4.69) is 19.1 Å². The van der Waals surface area contributed by atoms with E-state index >= 15 is 0 Å². The van der Waals surface area contributed by atoms with Crippen molar-refractivity contribution >= 4 is 23.1 Å². The first-order valence-electron chi connectivity index (χ1n) is 2.32. The van der Waals surface area contributed by atoms with Gasteiger partial charge in [0.05, 0.1) is 0 Å². The molecule has 0 atom stereocenters. The van der Waals surface area contributed by atoms with E-state index in [4.69, 9.17) is 0 Å². The molecular formula is C7H7FMg. The second-order valence-electron chi connectivity index (χ2n) is 1.58. The summed E-state index contributed by atoms with van der Waals surface area (Å²) in [5, 5.41) is 0. The van der Waals surface area contributed by atoms with Gasteiger partial charge < -0.3 is 4.70 Å². The van der Waals surface area contributed by atoms with Gasteiger partial charge in [0.25, 0.3) is 0 Å². The summed E-state index contributed by atoms with van der Waals surface area (Å²) >= 11 is 0. The summed E-state index contributed by atoms with van der Waals surface area (Å²) in [6.07, 6.45) is 0. The summed E-state index contributed by atoms with van der Waals surface area (Å²) in [6.45, 7) is 2.05. The van der Waals surface area contributed by atoms with Crippen LogP contribution in [0.25, 0.3) is 0 Å². The van der Waals surface area contributed by atoms with Crippen LogP contribution in [-0.2, 0) is 0 Å². The van der Waals surface area contributed by atoms with Crippen molar-refractivity contribution in [2.45, 2.75) is 6.92 Å². The normalized spacial score (nSPS) is 6.78. The van der Waals surface area contributed by atoms with Crippen molar-refractivity contribution in [3.05, 3.63) is 35.9 Å². The Balaban J connectivity index is 0. The summed E-state index contributed by atoms with van der Waals surface area (Å²) in [5.74, 6) is 0. The maximum Gasteiger partial charge on any atom is 2.00 e. The van der Waals surface area contributed by atoms with Crippen LogP contribution in [-0.4, -0.2) is 23.1 Å². The summed E-state index contributed by atoms with van der Waals surface area (Å²) in [6, 6.07) is 10.8. The van der Waals surface area contributed by atoms with E-state index in [9.17, 15) is 0 Å². The Kier molecular flexibility index (Phi) is 7.84. The maximum atomic E-state index is 2.96. The second-order valence-corrected chi connectivity index (χ2v) is 1.58. The summed E-state index contributed by atoms with van der Waals surface area (Å²) in [5.41, 5.74) is 1.27. The fraction of sp³-hybridized carbons (Fsp3) is 0.143. The smallest absolute Gasteiger partial charge is 1.00 e. The van der Waals surface area contributed by atoms with Gasteiger partial charge in [0.2, 0.25) is 0 Å². The molecule has 0 aliphatic heterocycles. The summed E-state index contributed by atoms with van der Waals surface area (Å²) in [4.78, 5) is 0. The Morgan fingerprint density at radius 3 is 2.33 bits per heavy atom. The van der Waals surface area contributed by atoms with Gasteiger partial charge in [-0.1, -0.05) is 6.92 Å². The molecular weight excluding hydrogens is 127 g/mol. The fourth-order valence-corrected chi connectivity index (χ4v) is 0.483. The van der Waals surface area contributed by atoms with E-state index < -0.39 is 0 Å². The minimum atomic E-state index is 0. The molecule has 0 spiro atoms. The molecule has 9 heavy (non-hydrogen) atoms. The van der Waals surface area contributed by atoms with Crippen molar-refractivity contribution in [3.63, 3.8) is 0 Å². The zero-order valence-electron chi connectivity index (χ0n) is 5.39. The van der Waals surface area contributed by atoms with Crippen LogP contribution < -0.4 is 4.70 Å². The molecule has 0 N–H and O–H groups in total. The van der Waals surface area contributed by atoms with Crippen LogP contribution in [0.1, 0.15) is 5.56 Å². The zero-order chi connectivity index (χ0) is 5.11. The molecule has 44 valence electrons. The standard InChI is InChI=1S/C7H7.FH.Mg/c1-7-5-3-2-4-6-7;;/h2-3,5-6H,1H3;1H;/q-1;;+2/p-1. The van der Waals surface area contributed by atoms with E-state index in [1.807, 2.05) is 18.2 Å². The van der Waals surface area contributed by atoms with E-state index in [-0.39, 0.29) is 27.8 Å². The topological polar surface area (TPSA) is 0 Å². The van der Waals surface area contributed by atoms with Crippen molar-refractivity contribution in [2.24, 2.45) is 0 Å². The Morgan fingerprint density at radius 1 is 1.44 bits per heavy atom. The molecule has 0 radical (unpaired) electrons. The van der Waals surface area contributed by atoms with E-state index in [0.29, 0.717) is 0 Å². The van der Waals surface area contributed by atoms with Crippen LogP contribution in [0.2, 0.25) is 0 Å². The molecule has 0 aliphatic carbocycles. The fourth-order valence-electron chi connectivity index (χ4n) is 0.483. The Bertz CT molecular complexity index is 139. The molecule has 1 aromatic carbocycles. The molecule has 0 saturated carbocycles. The van der Waals surface area contributed by atoms with Gasteiger partial charge in [-0.15, -0.1) is 0 Å². The van der Waals surface area contributed by atoms with Crippen molar-refractivity contribution in [3.8, 4) is 0 Å². The molecule has 0 heterocycles. The van der Waals surface area contributed by atoms with Crippen LogP contribution in [0, 0.1) is 13.0 Å². The molecule has 0 saturated heterocycles. The summed E-state index contributed by atoms with van der Waals surface area (Å²) in [7, 11) is 0. The van der Waals surface area contributed by atoms with Gasteiger partial charge in [0.1, 0.15) is 0 Å². The van der Waals surface area contributed by atoms with Gasteiger partial charge in [0, 0.05) is 0 Å². The number of aryl methyl sites for hydroxylation is 1. The van der Waals surface area contributed by atoms with Crippen LogP contribution in [0.4, 0.5) is 0 Å². The predicted molar refractivity (Wildman–Crippen MR) is 35.8 cm³/mol. The van der Waals surface area contributed by atoms with Crippen LogP contribution in [0.5, 0.6) is 0 Å². The summed E-state index contributed by atoms with van der Waals surface area (Å²) < 4.78 is 0. The minimum Gasteiger partial charge on any atom is -1.00 e. The van der Waals surface area contributed by atoms with Gasteiger partial charge in [0.15, 0.2) is 0 Å². The molecule has 0 bridgehead atoms. The molecule has 0 fully saturated rings. The third-order valence-corrected chi connectivity index (χ3v) is 0.863. The average Bonchev–Trinajstić information content (AvgIpc) is 1.69. The third-order valence-electron chi connectivity index (χ3n) is 0.863. The monoisotopic (exact) mass is 134 g/mol. The molecule has 0 unspecified atom stereocenters. The number of rotatable bonds is 0. The maximum absolute atomic E-state index is 2.96. The molecule has 0 nitrogen and oxygen atoms in total. The third kappa shape index (κ3) is 4.42. The zero-order valence-corrected chi connectivity index (χ0v) is 6.81. The van der Waals surface area contributed by atoms with Crippen molar-refractivity contribution in [2.75, 3.05) is 0 Å². The van der Waals surface area contributed by atoms with Gasteiger partial charge in [-0.3, -0.25) is 0 Å². The first-order valence-corrected chi connectivity index (χ1v) is 2.32. The number of hydrogen-bond acceptors (Lipinski definition) is 0. The quantitative estimate of drug-likeness (QED) is 0.297. The average molecular weight is 134 g/mol. The van der Waals surface area contributed by atoms with Gasteiger partial charge in [-0.25, -0.2) is 0 Å². The Hall–Kier alpha value is -0.0838. The van der Waals surface area contributed by atoms with Crippen molar-refractivity contribution < 1.29 is 4.70 Å². The largest absolute Gasteiger partial charge is 2.00 e. The van der Waals surface area contributed by atoms with Gasteiger partial charge >= 0.3 is 23.1 Å². The SMILES string of the molecule is Cc1c[c-]ccc1.[F-].[Mg+2]. The Labute approximate surface area is 70.8 Å². The van der Waals surface area contributed by atoms with Crippen molar-refractivity contribution in [1.29, 1.82) is 0 Å². The van der Waals surface area contributed by atoms with Crippen LogP contribution in [0.3, 0.4) is 0 Å². The Morgan fingerprint density at radius 2 is 2.11 bits per heavy atom. The van der Waals surface area contributed by atoms with Gasteiger partial charge in [-0.2, -0.15) is 35.9 Å². The van der Waals surface area contributed by atoms with Gasteiger partial charge in [-0.05, 0) is 0 Å². The van der Waals surface area contributed by atoms with E-state index in [1.165, 1.54) is 5.56 Å². The second kappa shape index (κ2) is 6.04. The number of hydrogen-bond donors (Lipinski definition) is 0. The minimum absolute atomic E-state index is 0. The molecule has 1 aromatic rings. The predicted octanol–water partition coefficient (Wildman–Crippen LogP) is -1.58. The molecule has 0 amide bonds. The van der Waals surface area contributed by atoms with Crippen LogP contribution >= 0.6 is 0 Å². The van der Waals surface area contributed by atoms with E-state index in [1.54, 1.807) is 0 Å². The first-order chi connectivity index (χ1) is 3.39. The molecule has 0 aliphatic rings. The first kappa shape index (κ1) is 11.7. The molecule has 2 heteroatoms. The van der Waals surface area contributed by atoms with Crippen molar-refractivity contribution in [1.82, 2.24) is 0 Å². The molecule has 1 rings (SSSR count). The molecule has 0 aromatic heterocycles. The number of halogens is 1. The van der Waals surface area contributed by atoms with E-state index in [0.717, 1.165) is 0 Å². The number of benzene rings is 1. The van der Waals surface area contributed by atoms with Crippen LogP contribution in [0.15, 0.2) is 24.3 Å².